The van der Waals surface area contributed by atoms with Crippen LogP contribution in [0.15, 0.2) is 60.7 Å². The molecular formula is C26H24ClNO6. The highest BCUT2D eigenvalue weighted by atomic mass is 35.5. The van der Waals surface area contributed by atoms with Crippen LogP contribution in [0.4, 0.5) is 0 Å². The number of methoxy groups -OCH3 is 1. The van der Waals surface area contributed by atoms with E-state index in [-0.39, 0.29) is 10.9 Å². The van der Waals surface area contributed by atoms with Crippen LogP contribution in [0.25, 0.3) is 0 Å². The van der Waals surface area contributed by atoms with Gasteiger partial charge in [-0.1, -0.05) is 23.7 Å². The highest BCUT2D eigenvalue weighted by molar-refractivity contribution is 6.32. The van der Waals surface area contributed by atoms with Gasteiger partial charge >= 0.3 is 5.97 Å². The molecule has 1 heterocycles. The van der Waals surface area contributed by atoms with E-state index in [0.717, 1.165) is 11.3 Å². The third-order valence-corrected chi connectivity index (χ3v) is 5.90. The van der Waals surface area contributed by atoms with E-state index in [1.54, 1.807) is 43.5 Å². The molecule has 3 aromatic carbocycles. The molecule has 0 aliphatic carbocycles. The fourth-order valence-electron chi connectivity index (χ4n) is 3.74. The van der Waals surface area contributed by atoms with Gasteiger partial charge in [-0.05, 0) is 60.9 Å². The number of carboxylic acids is 1. The van der Waals surface area contributed by atoms with Gasteiger partial charge in [0.1, 0.15) is 23.0 Å². The summed E-state index contributed by atoms with van der Waals surface area (Å²) in [5.41, 5.74) is 2.15. The highest BCUT2D eigenvalue weighted by Crippen LogP contribution is 2.41. The largest absolute Gasteiger partial charge is 0.497 e. The molecule has 8 heteroatoms. The lowest BCUT2D eigenvalue weighted by molar-refractivity contribution is -0.139. The first-order valence-corrected chi connectivity index (χ1v) is 11.2. The molecule has 1 atom stereocenters. The van der Waals surface area contributed by atoms with E-state index in [2.05, 4.69) is 5.32 Å². The molecule has 1 amide bonds. The zero-order valence-corrected chi connectivity index (χ0v) is 19.3. The summed E-state index contributed by atoms with van der Waals surface area (Å²) in [5, 5.41) is 12.6. The molecule has 0 bridgehead atoms. The molecule has 176 valence electrons. The maximum Gasteiger partial charge on any atom is 0.311 e. The number of carboxylic acid groups (broad SMARTS) is 1. The molecular weight excluding hydrogens is 458 g/mol. The lowest BCUT2D eigenvalue weighted by atomic mass is 9.93. The smallest absolute Gasteiger partial charge is 0.311 e. The number of ether oxygens (including phenoxy) is 3. The van der Waals surface area contributed by atoms with Crippen molar-refractivity contribution < 1.29 is 28.9 Å². The van der Waals surface area contributed by atoms with Gasteiger partial charge < -0.3 is 24.6 Å². The van der Waals surface area contributed by atoms with Gasteiger partial charge in [0.05, 0.1) is 24.7 Å². The maximum atomic E-state index is 12.4. The van der Waals surface area contributed by atoms with Crippen LogP contribution in [0, 0.1) is 0 Å². The Morgan fingerprint density at radius 3 is 2.47 bits per heavy atom. The minimum Gasteiger partial charge on any atom is -0.497 e. The molecule has 0 fully saturated rings. The van der Waals surface area contributed by atoms with E-state index in [0.29, 0.717) is 54.4 Å². The number of nitrogens with one attached hydrogen (secondary N) is 1. The number of rotatable bonds is 8. The predicted molar refractivity (Wildman–Crippen MR) is 127 cm³/mol. The molecule has 0 saturated heterocycles. The number of fused-ring (bicyclic) bond motifs is 1. The first-order valence-electron chi connectivity index (χ1n) is 10.8. The summed E-state index contributed by atoms with van der Waals surface area (Å²) in [7, 11) is 1.62. The average molecular weight is 482 g/mol. The molecule has 0 aromatic heterocycles. The standard InChI is InChI=1S/C26H24ClNO6/c1-32-18-6-2-16(3-7-18)10-12-28-25(29)17-4-8-19(9-5-17)34-24-15-23-21(14-22(24)27)20(26(30)31)11-13-33-23/h2-9,14-15,20H,10-13H2,1H3,(H,28,29)(H,30,31). The van der Waals surface area contributed by atoms with E-state index in [1.807, 2.05) is 24.3 Å². The summed E-state index contributed by atoms with van der Waals surface area (Å²) < 4.78 is 16.6. The summed E-state index contributed by atoms with van der Waals surface area (Å²) >= 11 is 6.34. The Hall–Kier alpha value is -3.71. The summed E-state index contributed by atoms with van der Waals surface area (Å²) in [6.45, 7) is 0.818. The third kappa shape index (κ3) is 5.43. The molecule has 3 aromatic rings. The molecule has 34 heavy (non-hydrogen) atoms. The van der Waals surface area contributed by atoms with Gasteiger partial charge in [-0.25, -0.2) is 0 Å². The number of aliphatic carboxylic acids is 1. The predicted octanol–water partition coefficient (Wildman–Crippen LogP) is 5.06. The van der Waals surface area contributed by atoms with Gasteiger partial charge in [-0.3, -0.25) is 9.59 Å². The maximum absolute atomic E-state index is 12.4. The number of hydrogen-bond donors (Lipinski definition) is 2. The van der Waals surface area contributed by atoms with E-state index in [9.17, 15) is 14.7 Å². The van der Waals surface area contributed by atoms with Crippen LogP contribution >= 0.6 is 11.6 Å². The SMILES string of the molecule is COc1ccc(CCNC(=O)c2ccc(Oc3cc4c(cc3Cl)C(C(=O)O)CCO4)cc2)cc1. The lowest BCUT2D eigenvalue weighted by Crippen LogP contribution is -2.25. The lowest BCUT2D eigenvalue weighted by Gasteiger charge is -2.24. The summed E-state index contributed by atoms with van der Waals surface area (Å²) in [5.74, 6) is 0.338. The Bertz CT molecular complexity index is 1180. The van der Waals surface area contributed by atoms with E-state index in [4.69, 9.17) is 25.8 Å². The normalized spacial score (nSPS) is 14.5. The molecule has 0 radical (unpaired) electrons. The van der Waals surface area contributed by atoms with E-state index < -0.39 is 11.9 Å². The summed E-state index contributed by atoms with van der Waals surface area (Å²) in [6.07, 6.45) is 1.10. The number of carbonyl (C=O) groups is 2. The zero-order valence-electron chi connectivity index (χ0n) is 18.5. The Labute approximate surface area is 202 Å². The molecule has 1 unspecified atom stereocenters. The topological polar surface area (TPSA) is 94.1 Å². The number of benzene rings is 3. The van der Waals surface area contributed by atoms with Crippen LogP contribution in [0.2, 0.25) is 5.02 Å². The minimum absolute atomic E-state index is 0.181. The Balaban J connectivity index is 1.36. The molecule has 1 aliphatic heterocycles. The van der Waals surface area contributed by atoms with Crippen LogP contribution in [-0.2, 0) is 11.2 Å². The van der Waals surface area contributed by atoms with Crippen molar-refractivity contribution in [1.82, 2.24) is 5.32 Å². The second kappa shape index (κ2) is 10.5. The van der Waals surface area contributed by atoms with Crippen molar-refractivity contribution in [2.45, 2.75) is 18.8 Å². The van der Waals surface area contributed by atoms with Gasteiger partial charge in [-0.15, -0.1) is 0 Å². The summed E-state index contributed by atoms with van der Waals surface area (Å²) in [6, 6.07) is 17.6. The quantitative estimate of drug-likeness (QED) is 0.467. The second-order valence-corrected chi connectivity index (χ2v) is 8.24. The van der Waals surface area contributed by atoms with Crippen molar-refractivity contribution in [3.05, 3.63) is 82.4 Å². The van der Waals surface area contributed by atoms with Crippen LogP contribution in [0.3, 0.4) is 0 Å². The molecule has 4 rings (SSSR count). The Morgan fingerprint density at radius 2 is 1.79 bits per heavy atom. The molecule has 1 aliphatic rings. The fourth-order valence-corrected chi connectivity index (χ4v) is 3.95. The van der Waals surface area contributed by atoms with Crippen LogP contribution in [0.5, 0.6) is 23.0 Å². The van der Waals surface area contributed by atoms with E-state index >= 15 is 0 Å². The minimum atomic E-state index is -0.910. The van der Waals surface area contributed by atoms with Gasteiger partial charge in [0.25, 0.3) is 5.91 Å². The molecule has 0 saturated carbocycles. The monoisotopic (exact) mass is 481 g/mol. The van der Waals surface area contributed by atoms with Crippen molar-refractivity contribution >= 4 is 23.5 Å². The first-order chi connectivity index (χ1) is 16.4. The van der Waals surface area contributed by atoms with Crippen molar-refractivity contribution in [3.63, 3.8) is 0 Å². The van der Waals surface area contributed by atoms with Crippen LogP contribution in [-0.4, -0.2) is 37.2 Å². The van der Waals surface area contributed by atoms with Gasteiger partial charge in [-0.2, -0.15) is 0 Å². The highest BCUT2D eigenvalue weighted by Gasteiger charge is 2.29. The van der Waals surface area contributed by atoms with E-state index in [1.165, 1.54) is 0 Å². The second-order valence-electron chi connectivity index (χ2n) is 7.83. The van der Waals surface area contributed by atoms with Crippen LogP contribution < -0.4 is 19.5 Å². The number of amides is 1. The number of halogens is 1. The molecule has 0 spiro atoms. The Kier molecular flexibility index (Phi) is 7.23. The molecule has 2 N–H and O–H groups in total. The average Bonchev–Trinajstić information content (AvgIpc) is 2.85. The summed E-state index contributed by atoms with van der Waals surface area (Å²) in [4.78, 5) is 23.9. The third-order valence-electron chi connectivity index (χ3n) is 5.60. The van der Waals surface area contributed by atoms with Crippen molar-refractivity contribution in [3.8, 4) is 23.0 Å². The first kappa shape index (κ1) is 23.4. The fraction of sp³-hybridized carbons (Fsp3) is 0.231. The Morgan fingerprint density at radius 1 is 1.09 bits per heavy atom. The van der Waals surface area contributed by atoms with Crippen molar-refractivity contribution in [2.75, 3.05) is 20.3 Å². The van der Waals surface area contributed by atoms with Gasteiger partial charge in [0, 0.05) is 23.7 Å². The molecule has 7 nitrogen and oxygen atoms in total. The van der Waals surface area contributed by atoms with Crippen molar-refractivity contribution in [2.24, 2.45) is 0 Å². The zero-order chi connectivity index (χ0) is 24.1. The van der Waals surface area contributed by atoms with Crippen LogP contribution in [0.1, 0.15) is 33.8 Å². The van der Waals surface area contributed by atoms with Gasteiger partial charge in [0.15, 0.2) is 0 Å². The van der Waals surface area contributed by atoms with Crippen molar-refractivity contribution in [1.29, 1.82) is 0 Å². The van der Waals surface area contributed by atoms with Gasteiger partial charge in [0.2, 0.25) is 0 Å². The number of hydrogen-bond acceptors (Lipinski definition) is 5. The number of carbonyl (C=O) groups excluding carboxylic acids is 1.